The van der Waals surface area contributed by atoms with E-state index in [0.29, 0.717) is 0 Å². The van der Waals surface area contributed by atoms with Gasteiger partial charge in [0.15, 0.2) is 0 Å². The minimum Gasteiger partial charge on any atom is -0.508 e. The topological polar surface area (TPSA) is 38.7 Å². The van der Waals surface area contributed by atoms with Gasteiger partial charge in [0.2, 0.25) is 0 Å². The average molecular weight is 194 g/mol. The second-order valence-electron chi connectivity index (χ2n) is 3.52. The van der Waals surface area contributed by atoms with Gasteiger partial charge < -0.3 is 14.6 Å². The number of ether oxygens (including phenoxy) is 2. The van der Waals surface area contributed by atoms with Crippen molar-refractivity contribution in [3.63, 3.8) is 0 Å². The zero-order chi connectivity index (χ0) is 10.1. The first kappa shape index (κ1) is 9.49. The molecule has 0 unspecified atom stereocenters. The van der Waals surface area contributed by atoms with E-state index < -0.39 is 0 Å². The van der Waals surface area contributed by atoms with Crippen LogP contribution in [0.2, 0.25) is 0 Å². The lowest BCUT2D eigenvalue weighted by Crippen LogP contribution is -2.17. The minimum absolute atomic E-state index is 0.0536. The first-order valence-electron chi connectivity index (χ1n) is 4.63. The molecule has 0 saturated heterocycles. The van der Waals surface area contributed by atoms with E-state index in [9.17, 15) is 5.11 Å². The molecule has 2 atom stereocenters. The first-order valence-corrected chi connectivity index (χ1v) is 4.63. The number of fused-ring (bicyclic) bond motifs is 1. The third kappa shape index (κ3) is 1.38. The van der Waals surface area contributed by atoms with Gasteiger partial charge in [-0.1, -0.05) is 6.07 Å². The smallest absolute Gasteiger partial charge is 0.115 e. The van der Waals surface area contributed by atoms with E-state index in [1.807, 2.05) is 6.07 Å². The van der Waals surface area contributed by atoms with E-state index in [0.717, 1.165) is 12.0 Å². The fourth-order valence-electron chi connectivity index (χ4n) is 2.04. The van der Waals surface area contributed by atoms with Gasteiger partial charge in [-0.15, -0.1) is 0 Å². The Bertz CT molecular complexity index is 335. The van der Waals surface area contributed by atoms with Crippen LogP contribution in [0.25, 0.3) is 0 Å². The largest absolute Gasteiger partial charge is 0.508 e. The van der Waals surface area contributed by atoms with E-state index >= 15 is 0 Å². The Balaban J connectivity index is 2.38. The molecule has 0 amide bonds. The molecular formula is C11H14O3. The number of phenolic OH excluding ortho intramolecular Hbond substituents is 1. The van der Waals surface area contributed by atoms with Crippen molar-refractivity contribution in [3.8, 4) is 5.75 Å². The molecule has 3 heteroatoms. The van der Waals surface area contributed by atoms with Crippen LogP contribution in [0.5, 0.6) is 5.75 Å². The zero-order valence-electron chi connectivity index (χ0n) is 8.36. The number of benzene rings is 1. The van der Waals surface area contributed by atoms with Crippen LogP contribution in [0.1, 0.15) is 17.2 Å². The fourth-order valence-corrected chi connectivity index (χ4v) is 2.04. The molecule has 0 fully saturated rings. The summed E-state index contributed by atoms with van der Waals surface area (Å²) in [4.78, 5) is 0. The standard InChI is InChI=1S/C11H14O3/c1-13-10-5-7-3-4-8(12)6-9(7)11(10)14-2/h3-4,6,10-12H,5H2,1-2H3/t10-,11+/m1/s1. The summed E-state index contributed by atoms with van der Waals surface area (Å²) in [6, 6.07) is 5.38. The molecular weight excluding hydrogens is 180 g/mol. The average Bonchev–Trinajstić information content (AvgIpc) is 2.54. The molecule has 0 radical (unpaired) electrons. The van der Waals surface area contributed by atoms with Gasteiger partial charge in [0.05, 0.1) is 6.10 Å². The first-order chi connectivity index (χ1) is 6.76. The maximum atomic E-state index is 9.37. The van der Waals surface area contributed by atoms with Crippen LogP contribution in [-0.4, -0.2) is 25.4 Å². The van der Waals surface area contributed by atoms with E-state index in [2.05, 4.69) is 0 Å². The second-order valence-corrected chi connectivity index (χ2v) is 3.52. The number of hydrogen-bond acceptors (Lipinski definition) is 3. The van der Waals surface area contributed by atoms with Crippen molar-refractivity contribution in [2.75, 3.05) is 14.2 Å². The lowest BCUT2D eigenvalue weighted by Gasteiger charge is -2.17. The summed E-state index contributed by atoms with van der Waals surface area (Å²) in [6.45, 7) is 0. The molecule has 0 saturated carbocycles. The van der Waals surface area contributed by atoms with Crippen molar-refractivity contribution in [1.82, 2.24) is 0 Å². The van der Waals surface area contributed by atoms with Gasteiger partial charge in [-0.25, -0.2) is 0 Å². The minimum atomic E-state index is -0.0536. The van der Waals surface area contributed by atoms with Crippen molar-refractivity contribution < 1.29 is 14.6 Å². The van der Waals surface area contributed by atoms with Crippen molar-refractivity contribution in [2.24, 2.45) is 0 Å². The van der Waals surface area contributed by atoms with Gasteiger partial charge in [0, 0.05) is 20.6 Å². The maximum Gasteiger partial charge on any atom is 0.115 e. The van der Waals surface area contributed by atoms with Crippen LogP contribution in [0, 0.1) is 0 Å². The monoisotopic (exact) mass is 194 g/mol. The predicted molar refractivity (Wildman–Crippen MR) is 52.4 cm³/mol. The Labute approximate surface area is 83.3 Å². The maximum absolute atomic E-state index is 9.37. The molecule has 0 aliphatic heterocycles. The van der Waals surface area contributed by atoms with Crippen molar-refractivity contribution in [3.05, 3.63) is 29.3 Å². The molecule has 0 heterocycles. The lowest BCUT2D eigenvalue weighted by atomic mass is 10.1. The molecule has 1 aliphatic carbocycles. The Morgan fingerprint density at radius 3 is 2.71 bits per heavy atom. The number of methoxy groups -OCH3 is 2. The SMILES string of the molecule is CO[C@@H]1Cc2ccc(O)cc2[C@@H]1OC. The number of aromatic hydroxyl groups is 1. The van der Waals surface area contributed by atoms with Crippen LogP contribution >= 0.6 is 0 Å². The highest BCUT2D eigenvalue weighted by molar-refractivity contribution is 5.40. The number of phenols is 1. The highest BCUT2D eigenvalue weighted by atomic mass is 16.5. The van der Waals surface area contributed by atoms with E-state index in [-0.39, 0.29) is 18.0 Å². The summed E-state index contributed by atoms with van der Waals surface area (Å²) in [6.07, 6.45) is 0.865. The Morgan fingerprint density at radius 2 is 2.07 bits per heavy atom. The van der Waals surface area contributed by atoms with Gasteiger partial charge in [-0.05, 0) is 23.3 Å². The summed E-state index contributed by atoms with van der Waals surface area (Å²) in [5, 5.41) is 9.37. The van der Waals surface area contributed by atoms with Gasteiger partial charge in [-0.2, -0.15) is 0 Å². The second kappa shape index (κ2) is 3.59. The molecule has 1 aliphatic rings. The summed E-state index contributed by atoms with van der Waals surface area (Å²) in [5.41, 5.74) is 2.24. The molecule has 3 nitrogen and oxygen atoms in total. The summed E-state index contributed by atoms with van der Waals surface area (Å²) in [5.74, 6) is 0.280. The van der Waals surface area contributed by atoms with Crippen LogP contribution in [0.3, 0.4) is 0 Å². The van der Waals surface area contributed by atoms with Crippen molar-refractivity contribution >= 4 is 0 Å². The lowest BCUT2D eigenvalue weighted by molar-refractivity contribution is -0.0260. The molecule has 1 aromatic rings. The van der Waals surface area contributed by atoms with Crippen LogP contribution in [-0.2, 0) is 15.9 Å². The van der Waals surface area contributed by atoms with Gasteiger partial charge in [-0.3, -0.25) is 0 Å². The highest BCUT2D eigenvalue weighted by Gasteiger charge is 2.32. The van der Waals surface area contributed by atoms with E-state index in [1.54, 1.807) is 26.4 Å². The van der Waals surface area contributed by atoms with Gasteiger partial charge in [0.1, 0.15) is 11.9 Å². The quantitative estimate of drug-likeness (QED) is 0.778. The molecule has 1 aromatic carbocycles. The number of hydrogen-bond donors (Lipinski definition) is 1. The van der Waals surface area contributed by atoms with Crippen LogP contribution in [0.15, 0.2) is 18.2 Å². The van der Waals surface area contributed by atoms with Crippen LogP contribution in [0.4, 0.5) is 0 Å². The van der Waals surface area contributed by atoms with Gasteiger partial charge >= 0.3 is 0 Å². The molecule has 2 rings (SSSR count). The highest BCUT2D eigenvalue weighted by Crippen LogP contribution is 2.37. The molecule has 0 aromatic heterocycles. The van der Waals surface area contributed by atoms with Gasteiger partial charge in [0.25, 0.3) is 0 Å². The Morgan fingerprint density at radius 1 is 1.29 bits per heavy atom. The third-order valence-electron chi connectivity index (χ3n) is 2.75. The number of rotatable bonds is 2. The summed E-state index contributed by atoms with van der Waals surface area (Å²) in [7, 11) is 3.35. The third-order valence-corrected chi connectivity index (χ3v) is 2.75. The molecule has 0 bridgehead atoms. The van der Waals surface area contributed by atoms with E-state index in [4.69, 9.17) is 9.47 Å². The van der Waals surface area contributed by atoms with Crippen molar-refractivity contribution in [1.29, 1.82) is 0 Å². The summed E-state index contributed by atoms with van der Waals surface area (Å²) < 4.78 is 10.7. The predicted octanol–water partition coefficient (Wildman–Crippen LogP) is 1.65. The Kier molecular flexibility index (Phi) is 2.44. The van der Waals surface area contributed by atoms with E-state index in [1.165, 1.54) is 5.56 Å². The normalized spacial score (nSPS) is 25.0. The molecule has 14 heavy (non-hydrogen) atoms. The molecule has 76 valence electrons. The zero-order valence-corrected chi connectivity index (χ0v) is 8.36. The fraction of sp³-hybridized carbons (Fsp3) is 0.455. The van der Waals surface area contributed by atoms with Crippen LogP contribution < -0.4 is 0 Å². The molecule has 1 N–H and O–H groups in total. The van der Waals surface area contributed by atoms with Crippen molar-refractivity contribution in [2.45, 2.75) is 18.6 Å². The molecule has 0 spiro atoms. The Hall–Kier alpha value is -1.06. The summed E-state index contributed by atoms with van der Waals surface area (Å²) >= 11 is 0.